The van der Waals surface area contributed by atoms with E-state index in [-0.39, 0.29) is 12.4 Å². The Labute approximate surface area is 142 Å². The first-order chi connectivity index (χ1) is 11.1. The molecule has 24 heavy (non-hydrogen) atoms. The van der Waals surface area contributed by atoms with Crippen molar-refractivity contribution in [1.82, 2.24) is 4.98 Å². The summed E-state index contributed by atoms with van der Waals surface area (Å²) in [6, 6.07) is 3.33. The van der Waals surface area contributed by atoms with Crippen LogP contribution >= 0.6 is 0 Å². The number of aromatic nitrogens is 1. The molecule has 0 aliphatic carbocycles. The van der Waals surface area contributed by atoms with E-state index in [1.165, 1.54) is 14.2 Å². The molecule has 132 valence electrons. The van der Waals surface area contributed by atoms with Crippen LogP contribution in [-0.4, -0.2) is 49.5 Å². The summed E-state index contributed by atoms with van der Waals surface area (Å²) in [6.45, 7) is 7.77. The molecule has 1 fully saturated rings. The molecule has 1 saturated heterocycles. The number of nitrogens with one attached hydrogen (secondary N) is 1. The van der Waals surface area contributed by atoms with Crippen LogP contribution in [-0.2, 0) is 23.6 Å². The van der Waals surface area contributed by atoms with Gasteiger partial charge in [-0.2, -0.15) is 0 Å². The summed E-state index contributed by atoms with van der Waals surface area (Å²) in [4.78, 5) is 26.5. The number of hydrogen-bond donors (Lipinski definition) is 1. The van der Waals surface area contributed by atoms with Gasteiger partial charge in [0.2, 0.25) is 0 Å². The van der Waals surface area contributed by atoms with Gasteiger partial charge in [-0.3, -0.25) is 4.79 Å². The molecule has 1 aliphatic heterocycles. The average Bonchev–Trinajstić information content (AvgIpc) is 3.06. The molecule has 0 aromatic carbocycles. The fraction of sp³-hybridized carbons (Fsp3) is 0.625. The molecular formula is C16H24BNO6. The Hall–Kier alpha value is -1.80. The lowest BCUT2D eigenvalue weighted by molar-refractivity contribution is -0.140. The number of ether oxygens (including phenoxy) is 2. The highest BCUT2D eigenvalue weighted by atomic mass is 16.7. The second kappa shape index (κ2) is 6.60. The van der Waals surface area contributed by atoms with Crippen LogP contribution in [0, 0.1) is 0 Å². The fourth-order valence-electron chi connectivity index (χ4n) is 2.53. The van der Waals surface area contributed by atoms with Crippen molar-refractivity contribution in [3.8, 4) is 0 Å². The second-order valence-corrected chi connectivity index (χ2v) is 6.83. The van der Waals surface area contributed by atoms with Crippen molar-refractivity contribution in [3.05, 3.63) is 23.5 Å². The Balaban J connectivity index is 2.31. The third-order valence-corrected chi connectivity index (χ3v) is 4.73. The van der Waals surface area contributed by atoms with Crippen LogP contribution in [0.5, 0.6) is 0 Å². The maximum atomic E-state index is 11.8. The van der Waals surface area contributed by atoms with Gasteiger partial charge in [0.1, 0.15) is 5.69 Å². The summed E-state index contributed by atoms with van der Waals surface area (Å²) in [5.74, 6) is -1.30. The molecule has 1 N–H and O–H groups in total. The number of carbonyl (C=O) groups excluding carboxylic acids is 2. The van der Waals surface area contributed by atoms with Gasteiger partial charge in [-0.05, 0) is 39.8 Å². The minimum Gasteiger partial charge on any atom is -0.469 e. The highest BCUT2D eigenvalue weighted by molar-refractivity contribution is 6.48. The molecule has 1 aliphatic rings. The highest BCUT2D eigenvalue weighted by Crippen LogP contribution is 2.41. The van der Waals surface area contributed by atoms with E-state index in [1.54, 1.807) is 12.1 Å². The van der Waals surface area contributed by atoms with Gasteiger partial charge in [-0.25, -0.2) is 4.79 Å². The van der Waals surface area contributed by atoms with Gasteiger partial charge < -0.3 is 23.8 Å². The van der Waals surface area contributed by atoms with E-state index in [9.17, 15) is 9.59 Å². The maximum absolute atomic E-state index is 11.8. The molecule has 0 spiro atoms. The zero-order valence-corrected chi connectivity index (χ0v) is 15.0. The van der Waals surface area contributed by atoms with E-state index in [0.29, 0.717) is 11.4 Å². The van der Waals surface area contributed by atoms with Gasteiger partial charge in [0.15, 0.2) is 0 Å². The van der Waals surface area contributed by atoms with Crippen LogP contribution in [0.3, 0.4) is 0 Å². The van der Waals surface area contributed by atoms with Crippen LogP contribution in [0.15, 0.2) is 12.1 Å². The Morgan fingerprint density at radius 3 is 2.21 bits per heavy atom. The number of methoxy groups -OCH3 is 2. The van der Waals surface area contributed by atoms with Gasteiger partial charge in [-0.15, -0.1) is 0 Å². The summed E-state index contributed by atoms with van der Waals surface area (Å²) in [5.41, 5.74) is -0.0913. The Kier molecular flexibility index (Phi) is 5.10. The minimum absolute atomic E-state index is 0.0639. The van der Waals surface area contributed by atoms with Gasteiger partial charge in [-0.1, -0.05) is 0 Å². The molecule has 1 atom stereocenters. The van der Waals surface area contributed by atoms with Crippen LogP contribution in [0.25, 0.3) is 0 Å². The first-order valence-corrected chi connectivity index (χ1v) is 7.81. The monoisotopic (exact) mass is 337 g/mol. The molecule has 7 nitrogen and oxygen atoms in total. The summed E-state index contributed by atoms with van der Waals surface area (Å²) < 4.78 is 21.6. The number of aromatic amines is 1. The van der Waals surface area contributed by atoms with Crippen molar-refractivity contribution in [2.45, 2.75) is 51.1 Å². The van der Waals surface area contributed by atoms with Crippen molar-refractivity contribution in [2.75, 3.05) is 14.2 Å². The van der Waals surface area contributed by atoms with E-state index in [1.807, 2.05) is 27.7 Å². The lowest BCUT2D eigenvalue weighted by atomic mass is 9.68. The molecule has 1 aromatic rings. The van der Waals surface area contributed by atoms with Gasteiger partial charge in [0.05, 0.1) is 31.8 Å². The fourth-order valence-corrected chi connectivity index (χ4v) is 2.53. The van der Waals surface area contributed by atoms with Crippen LogP contribution < -0.4 is 0 Å². The van der Waals surface area contributed by atoms with Crippen LogP contribution in [0.4, 0.5) is 0 Å². The SMILES string of the molecule is COC(=O)CC(B1OC(C)(C)C(C)(C)O1)c1ccc(C(=O)OC)[nH]1. The standard InChI is InChI=1S/C16H24BNO6/c1-15(2)16(3,4)24-17(23-15)10(9-13(19)21-5)11-7-8-12(18-11)14(20)22-6/h7-8,10,18H,9H2,1-6H3. The molecule has 1 aromatic heterocycles. The third-order valence-electron chi connectivity index (χ3n) is 4.73. The lowest BCUT2D eigenvalue weighted by Gasteiger charge is -2.32. The Bertz CT molecular complexity index is 608. The molecule has 2 rings (SSSR count). The second-order valence-electron chi connectivity index (χ2n) is 6.83. The van der Waals surface area contributed by atoms with E-state index < -0.39 is 30.1 Å². The van der Waals surface area contributed by atoms with Gasteiger partial charge >= 0.3 is 19.1 Å². The quantitative estimate of drug-likeness (QED) is 0.654. The molecule has 2 heterocycles. The topological polar surface area (TPSA) is 86.8 Å². The molecule has 1 unspecified atom stereocenters. The van der Waals surface area contributed by atoms with Gasteiger partial charge in [0.25, 0.3) is 0 Å². The number of hydrogen-bond acceptors (Lipinski definition) is 6. The van der Waals surface area contributed by atoms with Gasteiger partial charge in [0, 0.05) is 11.5 Å². The van der Waals surface area contributed by atoms with E-state index in [4.69, 9.17) is 18.8 Å². The Morgan fingerprint density at radius 1 is 1.12 bits per heavy atom. The molecule has 0 radical (unpaired) electrons. The summed E-state index contributed by atoms with van der Waals surface area (Å²) in [5, 5.41) is 0. The number of rotatable bonds is 5. The van der Waals surface area contributed by atoms with Crippen molar-refractivity contribution in [3.63, 3.8) is 0 Å². The van der Waals surface area contributed by atoms with Crippen LogP contribution in [0.1, 0.15) is 56.1 Å². The largest absolute Gasteiger partial charge is 0.469 e. The smallest absolute Gasteiger partial charge is 0.467 e. The first-order valence-electron chi connectivity index (χ1n) is 7.81. The zero-order chi connectivity index (χ0) is 18.1. The van der Waals surface area contributed by atoms with E-state index in [0.717, 1.165) is 0 Å². The molecule has 8 heteroatoms. The molecule has 0 bridgehead atoms. The summed E-state index contributed by atoms with van der Waals surface area (Å²) in [7, 11) is 2.00. The zero-order valence-electron chi connectivity index (χ0n) is 15.0. The first kappa shape index (κ1) is 18.5. The number of H-pyrrole nitrogens is 1. The third kappa shape index (κ3) is 3.49. The molecule has 0 amide bonds. The minimum atomic E-state index is -0.641. The predicted molar refractivity (Wildman–Crippen MR) is 87.6 cm³/mol. The number of esters is 2. The molecular weight excluding hydrogens is 313 g/mol. The average molecular weight is 337 g/mol. The lowest BCUT2D eigenvalue weighted by Crippen LogP contribution is -2.41. The van der Waals surface area contributed by atoms with E-state index in [2.05, 4.69) is 4.98 Å². The van der Waals surface area contributed by atoms with E-state index >= 15 is 0 Å². The highest BCUT2D eigenvalue weighted by Gasteiger charge is 2.54. The normalized spacial score (nSPS) is 19.8. The summed E-state index contributed by atoms with van der Waals surface area (Å²) in [6.07, 6.45) is 0.0639. The van der Waals surface area contributed by atoms with Crippen molar-refractivity contribution >= 4 is 19.1 Å². The maximum Gasteiger partial charge on any atom is 0.467 e. The molecule has 0 saturated carbocycles. The number of carbonyl (C=O) groups is 2. The van der Waals surface area contributed by atoms with Crippen molar-refractivity contribution in [2.24, 2.45) is 0 Å². The Morgan fingerprint density at radius 2 is 1.71 bits per heavy atom. The summed E-state index contributed by atoms with van der Waals surface area (Å²) >= 11 is 0. The predicted octanol–water partition coefficient (Wildman–Crippen LogP) is 2.08. The van der Waals surface area contributed by atoms with Crippen molar-refractivity contribution < 1.29 is 28.4 Å². The van der Waals surface area contributed by atoms with Crippen molar-refractivity contribution in [1.29, 1.82) is 0 Å². The van der Waals surface area contributed by atoms with Crippen LogP contribution in [0.2, 0.25) is 0 Å².